The van der Waals surface area contributed by atoms with Crippen LogP contribution < -0.4 is 4.74 Å². The van der Waals surface area contributed by atoms with Gasteiger partial charge in [-0.15, -0.1) is 0 Å². The fourth-order valence-corrected chi connectivity index (χ4v) is 3.99. The maximum Gasteiger partial charge on any atom is 0.410 e. The van der Waals surface area contributed by atoms with Crippen molar-refractivity contribution in [1.29, 1.82) is 5.26 Å². The molecule has 0 aromatic heterocycles. The van der Waals surface area contributed by atoms with Crippen LogP contribution in [0.15, 0.2) is 18.2 Å². The van der Waals surface area contributed by atoms with E-state index in [0.717, 1.165) is 32.5 Å². The molecule has 2 aliphatic heterocycles. The zero-order chi connectivity index (χ0) is 19.6. The number of benzene rings is 1. The molecule has 0 saturated carbocycles. The molecule has 0 spiro atoms. The Morgan fingerprint density at radius 3 is 2.67 bits per heavy atom. The number of hydrogen-bond donors (Lipinski definition) is 0. The molecule has 146 valence electrons. The Hall–Kier alpha value is -2.26. The summed E-state index contributed by atoms with van der Waals surface area (Å²) in [6.45, 7) is 8.98. The summed E-state index contributed by atoms with van der Waals surface area (Å²) in [5.74, 6) is 1.07. The van der Waals surface area contributed by atoms with Crippen molar-refractivity contribution in [3.63, 3.8) is 0 Å². The van der Waals surface area contributed by atoms with E-state index in [-0.39, 0.29) is 6.09 Å². The Bertz CT molecular complexity index is 735. The molecule has 0 unspecified atom stereocenters. The molecular formula is C21H29N3O3. The monoisotopic (exact) mass is 371 g/mol. The zero-order valence-corrected chi connectivity index (χ0v) is 16.7. The molecule has 2 heterocycles. The van der Waals surface area contributed by atoms with Crippen molar-refractivity contribution in [2.24, 2.45) is 0 Å². The summed E-state index contributed by atoms with van der Waals surface area (Å²) in [6, 6.07) is 8.45. The molecule has 2 aliphatic rings. The van der Waals surface area contributed by atoms with Gasteiger partial charge in [0.05, 0.1) is 12.7 Å². The molecule has 2 fully saturated rings. The number of piperidine rings is 1. The van der Waals surface area contributed by atoms with Gasteiger partial charge in [0.25, 0.3) is 0 Å². The minimum Gasteiger partial charge on any atom is -0.495 e. The first-order valence-corrected chi connectivity index (χ1v) is 9.60. The van der Waals surface area contributed by atoms with Crippen molar-refractivity contribution >= 4 is 6.09 Å². The number of amides is 1. The van der Waals surface area contributed by atoms with Crippen LogP contribution in [-0.4, -0.2) is 60.8 Å². The van der Waals surface area contributed by atoms with Gasteiger partial charge in [0, 0.05) is 32.2 Å². The van der Waals surface area contributed by atoms with Crippen LogP contribution in [0.4, 0.5) is 4.79 Å². The van der Waals surface area contributed by atoms with E-state index in [1.54, 1.807) is 7.11 Å². The highest BCUT2D eigenvalue weighted by molar-refractivity contribution is 5.68. The maximum atomic E-state index is 12.3. The lowest BCUT2D eigenvalue weighted by atomic mass is 9.86. The Balaban J connectivity index is 1.63. The van der Waals surface area contributed by atoms with Gasteiger partial charge in [-0.1, -0.05) is 6.07 Å². The van der Waals surface area contributed by atoms with Crippen LogP contribution >= 0.6 is 0 Å². The fraction of sp³-hybridized carbons (Fsp3) is 0.619. The largest absolute Gasteiger partial charge is 0.495 e. The second-order valence-corrected chi connectivity index (χ2v) is 8.42. The van der Waals surface area contributed by atoms with Crippen LogP contribution in [0.1, 0.15) is 50.7 Å². The number of carbonyl (C=O) groups excluding carboxylic acids is 1. The van der Waals surface area contributed by atoms with Crippen molar-refractivity contribution in [3.8, 4) is 11.8 Å². The normalized spacial score (nSPS) is 23.3. The molecule has 0 N–H and O–H groups in total. The van der Waals surface area contributed by atoms with Crippen LogP contribution in [0.2, 0.25) is 0 Å². The second kappa shape index (κ2) is 7.77. The highest BCUT2D eigenvalue weighted by Gasteiger charge is 2.36. The van der Waals surface area contributed by atoms with Gasteiger partial charge in [-0.2, -0.15) is 5.26 Å². The summed E-state index contributed by atoms with van der Waals surface area (Å²) < 4.78 is 10.9. The third-order valence-corrected chi connectivity index (χ3v) is 5.38. The van der Waals surface area contributed by atoms with Crippen LogP contribution in [0.5, 0.6) is 5.75 Å². The molecule has 0 bridgehead atoms. The quantitative estimate of drug-likeness (QED) is 0.797. The summed E-state index contributed by atoms with van der Waals surface area (Å²) in [6.07, 6.45) is 1.91. The predicted molar refractivity (Wildman–Crippen MR) is 103 cm³/mol. The average Bonchev–Trinajstić information content (AvgIpc) is 2.65. The number of rotatable bonds is 2. The number of fused-ring (bicyclic) bond motifs is 1. The van der Waals surface area contributed by atoms with Gasteiger partial charge in [-0.25, -0.2) is 4.79 Å². The van der Waals surface area contributed by atoms with E-state index in [9.17, 15) is 4.79 Å². The van der Waals surface area contributed by atoms with Crippen molar-refractivity contribution in [3.05, 3.63) is 29.3 Å². The predicted octanol–water partition coefficient (Wildman–Crippen LogP) is 3.37. The molecule has 0 aliphatic carbocycles. The molecule has 1 aromatic rings. The molecule has 0 radical (unpaired) electrons. The van der Waals surface area contributed by atoms with Crippen LogP contribution in [0.3, 0.4) is 0 Å². The van der Waals surface area contributed by atoms with E-state index in [0.29, 0.717) is 29.8 Å². The fourth-order valence-electron chi connectivity index (χ4n) is 3.99. The smallest absolute Gasteiger partial charge is 0.410 e. The Labute approximate surface area is 161 Å². The molecule has 27 heavy (non-hydrogen) atoms. The van der Waals surface area contributed by atoms with E-state index in [4.69, 9.17) is 14.7 Å². The standard InChI is InChI=1S/C21H29N3O3/c1-21(2,3)27-20(25)24-10-9-23-13-17(7-8-18(23)14-24)15-5-6-16(12-22)19(11-15)26-4/h5-6,11,17-18H,7-10,13-14H2,1-4H3/t17-,18+/m1/s1. The summed E-state index contributed by atoms with van der Waals surface area (Å²) in [4.78, 5) is 16.7. The second-order valence-electron chi connectivity index (χ2n) is 8.42. The summed E-state index contributed by atoms with van der Waals surface area (Å²) >= 11 is 0. The van der Waals surface area contributed by atoms with Crippen LogP contribution in [0.25, 0.3) is 0 Å². The van der Waals surface area contributed by atoms with E-state index >= 15 is 0 Å². The maximum absolute atomic E-state index is 12.3. The summed E-state index contributed by atoms with van der Waals surface area (Å²) in [7, 11) is 1.60. The van der Waals surface area contributed by atoms with Gasteiger partial charge in [0.2, 0.25) is 0 Å². The number of nitriles is 1. The number of nitrogens with zero attached hydrogens (tertiary/aromatic N) is 3. The van der Waals surface area contributed by atoms with Gasteiger partial charge >= 0.3 is 6.09 Å². The van der Waals surface area contributed by atoms with Gasteiger partial charge < -0.3 is 14.4 Å². The third-order valence-electron chi connectivity index (χ3n) is 5.38. The molecule has 6 heteroatoms. The molecule has 2 atom stereocenters. The molecule has 2 saturated heterocycles. The molecular weight excluding hydrogens is 342 g/mol. The molecule has 6 nitrogen and oxygen atoms in total. The highest BCUT2D eigenvalue weighted by Crippen LogP contribution is 2.34. The lowest BCUT2D eigenvalue weighted by Gasteiger charge is -2.46. The van der Waals surface area contributed by atoms with Gasteiger partial charge in [-0.05, 0) is 57.2 Å². The van der Waals surface area contributed by atoms with Crippen molar-refractivity contribution in [1.82, 2.24) is 9.80 Å². The third kappa shape index (κ3) is 4.54. The van der Waals surface area contributed by atoms with Gasteiger partial charge in [-0.3, -0.25) is 4.90 Å². The van der Waals surface area contributed by atoms with Crippen molar-refractivity contribution in [2.45, 2.75) is 51.2 Å². The first kappa shape index (κ1) is 19.5. The lowest BCUT2D eigenvalue weighted by Crippen LogP contribution is -2.57. The first-order valence-electron chi connectivity index (χ1n) is 9.60. The number of hydrogen-bond acceptors (Lipinski definition) is 5. The average molecular weight is 371 g/mol. The molecule has 3 rings (SSSR count). The topological polar surface area (TPSA) is 65.8 Å². The van der Waals surface area contributed by atoms with Gasteiger partial charge in [0.1, 0.15) is 17.4 Å². The minimum atomic E-state index is -0.458. The summed E-state index contributed by atoms with van der Waals surface area (Å²) in [5, 5.41) is 9.16. The van der Waals surface area contributed by atoms with Crippen LogP contribution in [-0.2, 0) is 4.74 Å². The zero-order valence-electron chi connectivity index (χ0n) is 16.7. The number of carbonyl (C=O) groups is 1. The highest BCUT2D eigenvalue weighted by atomic mass is 16.6. The summed E-state index contributed by atoms with van der Waals surface area (Å²) in [5.41, 5.74) is 1.33. The van der Waals surface area contributed by atoms with E-state index in [1.807, 2.05) is 43.9 Å². The van der Waals surface area contributed by atoms with Crippen molar-refractivity contribution in [2.75, 3.05) is 33.3 Å². The SMILES string of the molecule is COc1cc([C@@H]2CC[C@H]3CN(C(=O)OC(C)(C)C)CCN3C2)ccc1C#N. The first-order chi connectivity index (χ1) is 12.8. The van der Waals surface area contributed by atoms with Crippen molar-refractivity contribution < 1.29 is 14.3 Å². The molecule has 1 aromatic carbocycles. The van der Waals surface area contributed by atoms with Crippen LogP contribution in [0, 0.1) is 11.3 Å². The Morgan fingerprint density at radius 2 is 2.00 bits per heavy atom. The van der Waals surface area contributed by atoms with E-state index in [2.05, 4.69) is 11.0 Å². The minimum absolute atomic E-state index is 0.207. The van der Waals surface area contributed by atoms with E-state index < -0.39 is 5.60 Å². The van der Waals surface area contributed by atoms with Gasteiger partial charge in [0.15, 0.2) is 0 Å². The number of ether oxygens (including phenoxy) is 2. The Morgan fingerprint density at radius 1 is 1.22 bits per heavy atom. The van der Waals surface area contributed by atoms with E-state index in [1.165, 1.54) is 5.56 Å². The number of methoxy groups -OCH3 is 1. The lowest BCUT2D eigenvalue weighted by molar-refractivity contribution is -0.00447. The number of piperazine rings is 1. The molecule has 1 amide bonds. The Kier molecular flexibility index (Phi) is 5.61.